The Morgan fingerprint density at radius 3 is 0.818 bits per heavy atom. The van der Waals surface area contributed by atoms with Crippen molar-refractivity contribution in [3.8, 4) is 0 Å². The Kier molecular flexibility index (Phi) is 3.70. The highest BCUT2D eigenvalue weighted by atomic mass is 28.4. The monoisotopic (exact) mass is 175 g/mol. The molecule has 0 aromatic rings. The van der Waals surface area contributed by atoms with E-state index in [1.807, 2.05) is 0 Å². The fourth-order valence-electron chi connectivity index (χ4n) is 1.20. The average Bonchev–Trinajstić information content (AvgIpc) is 1.84. The second-order valence-corrected chi connectivity index (χ2v) is 8.28. The van der Waals surface area contributed by atoms with Gasteiger partial charge in [-0.25, -0.2) is 0 Å². The van der Waals surface area contributed by atoms with Crippen molar-refractivity contribution in [3.05, 3.63) is 0 Å². The van der Waals surface area contributed by atoms with Crippen molar-refractivity contribution in [2.75, 3.05) is 42.3 Å². The molecule has 0 aliphatic carbocycles. The van der Waals surface area contributed by atoms with Crippen LogP contribution in [0.15, 0.2) is 0 Å². The Morgan fingerprint density at radius 1 is 0.636 bits per heavy atom. The van der Waals surface area contributed by atoms with Crippen molar-refractivity contribution in [1.82, 2.24) is 13.7 Å². The van der Waals surface area contributed by atoms with Crippen LogP contribution in [0.4, 0.5) is 0 Å². The first-order chi connectivity index (χ1) is 4.83. The minimum atomic E-state index is -1.48. The average molecular weight is 175 g/mol. The van der Waals surface area contributed by atoms with Gasteiger partial charge in [0.15, 0.2) is 0 Å². The van der Waals surface area contributed by atoms with E-state index >= 15 is 0 Å². The van der Waals surface area contributed by atoms with E-state index in [2.05, 4.69) is 62.5 Å². The van der Waals surface area contributed by atoms with Gasteiger partial charge < -0.3 is 13.7 Å². The fourth-order valence-corrected chi connectivity index (χ4v) is 3.60. The highest BCUT2D eigenvalue weighted by Gasteiger charge is 2.36. The Morgan fingerprint density at radius 2 is 0.818 bits per heavy atom. The molecule has 0 N–H and O–H groups in total. The summed E-state index contributed by atoms with van der Waals surface area (Å²) in [4.78, 5) is 0. The van der Waals surface area contributed by atoms with Gasteiger partial charge in [-0.05, 0) is 48.8 Å². The lowest BCUT2D eigenvalue weighted by Crippen LogP contribution is -2.67. The molecular weight excluding hydrogens is 154 g/mol. The van der Waals surface area contributed by atoms with Crippen molar-refractivity contribution in [2.24, 2.45) is 0 Å². The molecule has 0 spiro atoms. The topological polar surface area (TPSA) is 9.72 Å². The SMILES string of the molecule is CN(C)[Si](C)(N(C)C)N(C)C. The molecule has 11 heavy (non-hydrogen) atoms. The quantitative estimate of drug-likeness (QED) is 0.569. The summed E-state index contributed by atoms with van der Waals surface area (Å²) in [7, 11) is 11.4. The first-order valence-corrected chi connectivity index (χ1v) is 6.20. The molecule has 0 saturated carbocycles. The number of nitrogens with zero attached hydrogens (tertiary/aromatic N) is 3. The third-order valence-electron chi connectivity index (χ3n) is 2.54. The van der Waals surface area contributed by atoms with E-state index in [1.54, 1.807) is 0 Å². The zero-order chi connectivity index (χ0) is 9.23. The number of rotatable bonds is 3. The summed E-state index contributed by atoms with van der Waals surface area (Å²) in [5, 5.41) is 0. The van der Waals surface area contributed by atoms with Crippen LogP contribution in [0.1, 0.15) is 0 Å². The third-order valence-corrected chi connectivity index (χ3v) is 7.62. The summed E-state index contributed by atoms with van der Waals surface area (Å²) in [5.41, 5.74) is 0. The van der Waals surface area contributed by atoms with Crippen LogP contribution in [0.25, 0.3) is 0 Å². The van der Waals surface area contributed by atoms with Crippen LogP contribution in [-0.4, -0.2) is 64.5 Å². The van der Waals surface area contributed by atoms with Gasteiger partial charge in [0, 0.05) is 0 Å². The van der Waals surface area contributed by atoms with Gasteiger partial charge >= 0.3 is 0 Å². The molecule has 0 amide bonds. The van der Waals surface area contributed by atoms with Gasteiger partial charge in [0.2, 0.25) is 0 Å². The molecule has 3 nitrogen and oxygen atoms in total. The highest BCUT2D eigenvalue weighted by Crippen LogP contribution is 2.10. The predicted molar refractivity (Wildman–Crippen MR) is 52.7 cm³/mol. The second kappa shape index (κ2) is 3.67. The third kappa shape index (κ3) is 2.02. The smallest absolute Gasteiger partial charge is 0.285 e. The Hall–Kier alpha value is 0.0969. The molecule has 0 aromatic heterocycles. The van der Waals surface area contributed by atoms with Gasteiger partial charge in [-0.15, -0.1) is 0 Å². The maximum atomic E-state index is 2.33. The van der Waals surface area contributed by atoms with Crippen LogP contribution < -0.4 is 0 Å². The Bertz CT molecular complexity index is 101. The van der Waals surface area contributed by atoms with E-state index in [0.29, 0.717) is 0 Å². The Labute approximate surface area is 71.8 Å². The standard InChI is InChI=1S/C7H21N3Si/c1-8(2)11(7,9(3)4)10(5)6/h1-7H3. The molecule has 0 fully saturated rings. The van der Waals surface area contributed by atoms with E-state index in [-0.39, 0.29) is 0 Å². The Balaban J connectivity index is 4.53. The van der Waals surface area contributed by atoms with E-state index < -0.39 is 8.56 Å². The van der Waals surface area contributed by atoms with Gasteiger partial charge in [-0.1, -0.05) is 0 Å². The van der Waals surface area contributed by atoms with Gasteiger partial charge in [0.1, 0.15) is 0 Å². The summed E-state index contributed by atoms with van der Waals surface area (Å²) in [6, 6.07) is 0. The molecule has 0 aliphatic heterocycles. The van der Waals surface area contributed by atoms with Crippen LogP contribution in [0.5, 0.6) is 0 Å². The van der Waals surface area contributed by atoms with Crippen molar-refractivity contribution < 1.29 is 0 Å². The summed E-state index contributed by atoms with van der Waals surface area (Å²) in [6.07, 6.45) is 0. The van der Waals surface area contributed by atoms with Crippen molar-refractivity contribution in [3.63, 3.8) is 0 Å². The fraction of sp³-hybridized carbons (Fsp3) is 1.00. The molecule has 0 rings (SSSR count). The lowest BCUT2D eigenvalue weighted by molar-refractivity contribution is 0.387. The summed E-state index contributed by atoms with van der Waals surface area (Å²) in [5.74, 6) is 0. The van der Waals surface area contributed by atoms with Crippen molar-refractivity contribution in [2.45, 2.75) is 6.55 Å². The molecule has 0 saturated heterocycles. The minimum Gasteiger partial charge on any atom is -0.305 e. The van der Waals surface area contributed by atoms with Gasteiger partial charge in [0.05, 0.1) is 0 Å². The minimum absolute atomic E-state index is 1.48. The molecule has 0 heterocycles. The van der Waals surface area contributed by atoms with Crippen LogP contribution in [0.2, 0.25) is 6.55 Å². The molecule has 68 valence electrons. The zero-order valence-corrected chi connectivity index (χ0v) is 9.84. The summed E-state index contributed by atoms with van der Waals surface area (Å²) >= 11 is 0. The zero-order valence-electron chi connectivity index (χ0n) is 8.84. The lowest BCUT2D eigenvalue weighted by atomic mass is 11.2. The van der Waals surface area contributed by atoms with Crippen LogP contribution in [0.3, 0.4) is 0 Å². The first kappa shape index (κ1) is 11.1. The van der Waals surface area contributed by atoms with E-state index in [9.17, 15) is 0 Å². The van der Waals surface area contributed by atoms with Gasteiger partial charge in [-0.2, -0.15) is 0 Å². The molecule has 0 bridgehead atoms. The molecule has 0 unspecified atom stereocenters. The molecule has 4 heteroatoms. The number of hydrogen-bond donors (Lipinski definition) is 0. The largest absolute Gasteiger partial charge is 0.305 e. The van der Waals surface area contributed by atoms with Crippen LogP contribution >= 0.6 is 0 Å². The van der Waals surface area contributed by atoms with Crippen LogP contribution in [0, 0.1) is 0 Å². The summed E-state index contributed by atoms with van der Waals surface area (Å²) < 4.78 is 6.98. The summed E-state index contributed by atoms with van der Waals surface area (Å²) in [6.45, 7) is 2.33. The van der Waals surface area contributed by atoms with Crippen molar-refractivity contribution in [1.29, 1.82) is 0 Å². The molecule has 0 atom stereocenters. The normalized spacial score (nSPS) is 13.6. The number of hydrogen-bond acceptors (Lipinski definition) is 3. The van der Waals surface area contributed by atoms with Gasteiger partial charge in [-0.3, -0.25) is 0 Å². The molecule has 0 radical (unpaired) electrons. The van der Waals surface area contributed by atoms with Gasteiger partial charge in [0.25, 0.3) is 8.56 Å². The van der Waals surface area contributed by atoms with Crippen LogP contribution in [-0.2, 0) is 0 Å². The molecule has 0 aliphatic rings. The van der Waals surface area contributed by atoms with Crippen molar-refractivity contribution >= 4 is 8.56 Å². The first-order valence-electron chi connectivity index (χ1n) is 3.85. The van der Waals surface area contributed by atoms with E-state index in [4.69, 9.17) is 0 Å². The second-order valence-electron chi connectivity index (χ2n) is 3.65. The highest BCUT2D eigenvalue weighted by molar-refractivity contribution is 6.70. The molecular formula is C7H21N3Si. The predicted octanol–water partition coefficient (Wildman–Crippen LogP) is 0.240. The maximum Gasteiger partial charge on any atom is 0.285 e. The lowest BCUT2D eigenvalue weighted by Gasteiger charge is -2.43. The molecule has 0 aromatic carbocycles. The van der Waals surface area contributed by atoms with E-state index in [0.717, 1.165) is 0 Å². The maximum absolute atomic E-state index is 2.33. The van der Waals surface area contributed by atoms with E-state index in [1.165, 1.54) is 0 Å².